The molecule has 37 heavy (non-hydrogen) atoms. The van der Waals surface area contributed by atoms with Crippen LogP contribution in [0.1, 0.15) is 84.2 Å². The van der Waals surface area contributed by atoms with Gasteiger partial charge < -0.3 is 28.5 Å². The van der Waals surface area contributed by atoms with Crippen molar-refractivity contribution < 1.29 is 28.5 Å². The van der Waals surface area contributed by atoms with Crippen LogP contribution in [0.25, 0.3) is 0 Å². The van der Waals surface area contributed by atoms with Gasteiger partial charge in [-0.25, -0.2) is 0 Å². The summed E-state index contributed by atoms with van der Waals surface area (Å²) in [7, 11) is 0. The highest BCUT2D eigenvalue weighted by Gasteiger charge is 2.21. The molecule has 0 unspecified atom stereocenters. The van der Waals surface area contributed by atoms with Crippen molar-refractivity contribution in [1.29, 1.82) is 0 Å². The van der Waals surface area contributed by atoms with Crippen molar-refractivity contribution in [3.05, 3.63) is 56.6 Å². The minimum absolute atomic E-state index is 0.00271. The molecule has 0 aliphatic rings. The molecule has 2 aromatic rings. The van der Waals surface area contributed by atoms with E-state index in [0.717, 1.165) is 70.7 Å². The maximum absolute atomic E-state index is 11.6. The maximum Gasteiger partial charge on any atom is 0.226 e. The second-order valence-corrected chi connectivity index (χ2v) is 11.4. The average Bonchev–Trinajstić information content (AvgIpc) is 2.81. The van der Waals surface area contributed by atoms with E-state index >= 15 is 0 Å². The number of ether oxygens (including phenoxy) is 2. The molecule has 8 heteroatoms. The molecule has 0 amide bonds. The molecule has 0 saturated heterocycles. The zero-order valence-corrected chi connectivity index (χ0v) is 22.8. The normalized spacial score (nSPS) is 12.2. The third kappa shape index (κ3) is 12.5. The quantitative estimate of drug-likeness (QED) is 0.244. The SMILES string of the molecule is CC(C)(CCCCOCCCOCCCCC(C)(C)Cc1cc(=O)c(O)co1)Cc1cc(=O)c(O)co1. The molecule has 208 valence electrons. The molecule has 0 aromatic carbocycles. The van der Waals surface area contributed by atoms with E-state index in [-0.39, 0.29) is 22.3 Å². The number of unbranched alkanes of at least 4 members (excludes halogenated alkanes) is 2. The Hall–Kier alpha value is -2.58. The third-order valence-electron chi connectivity index (χ3n) is 6.40. The Kier molecular flexibility index (Phi) is 12.4. The molecule has 0 bridgehead atoms. The molecule has 2 aromatic heterocycles. The van der Waals surface area contributed by atoms with Gasteiger partial charge in [-0.05, 0) is 42.9 Å². The van der Waals surface area contributed by atoms with Crippen molar-refractivity contribution in [1.82, 2.24) is 0 Å². The van der Waals surface area contributed by atoms with Crippen LogP contribution >= 0.6 is 0 Å². The molecular formula is C29H44O8. The van der Waals surface area contributed by atoms with E-state index < -0.39 is 10.9 Å². The lowest BCUT2D eigenvalue weighted by Crippen LogP contribution is -2.16. The van der Waals surface area contributed by atoms with Crippen molar-refractivity contribution >= 4 is 0 Å². The predicted molar refractivity (Wildman–Crippen MR) is 142 cm³/mol. The van der Waals surface area contributed by atoms with E-state index in [1.807, 2.05) is 0 Å². The van der Waals surface area contributed by atoms with Crippen molar-refractivity contribution in [3.63, 3.8) is 0 Å². The lowest BCUT2D eigenvalue weighted by Gasteiger charge is -2.23. The fourth-order valence-corrected chi connectivity index (χ4v) is 4.28. The van der Waals surface area contributed by atoms with Gasteiger partial charge in [-0.15, -0.1) is 0 Å². The molecular weight excluding hydrogens is 476 g/mol. The molecule has 0 atom stereocenters. The second kappa shape index (κ2) is 15.0. The molecule has 0 spiro atoms. The third-order valence-corrected chi connectivity index (χ3v) is 6.40. The molecule has 8 nitrogen and oxygen atoms in total. The molecule has 0 aliphatic heterocycles. The Morgan fingerprint density at radius 2 is 1.03 bits per heavy atom. The molecule has 0 fully saturated rings. The van der Waals surface area contributed by atoms with E-state index in [9.17, 15) is 19.8 Å². The first-order valence-electron chi connectivity index (χ1n) is 13.2. The van der Waals surface area contributed by atoms with Crippen molar-refractivity contribution in [3.8, 4) is 11.5 Å². The number of hydrogen-bond acceptors (Lipinski definition) is 8. The van der Waals surface area contributed by atoms with Crippen LogP contribution in [0.4, 0.5) is 0 Å². The zero-order valence-electron chi connectivity index (χ0n) is 22.8. The fourth-order valence-electron chi connectivity index (χ4n) is 4.28. The van der Waals surface area contributed by atoms with Gasteiger partial charge in [-0.1, -0.05) is 40.5 Å². The van der Waals surface area contributed by atoms with Crippen LogP contribution in [0.2, 0.25) is 0 Å². The minimum atomic E-state index is -0.405. The van der Waals surface area contributed by atoms with Crippen molar-refractivity contribution in [2.75, 3.05) is 26.4 Å². The Bertz CT molecular complexity index is 967. The van der Waals surface area contributed by atoms with Gasteiger partial charge in [-0.2, -0.15) is 0 Å². The van der Waals surface area contributed by atoms with Crippen LogP contribution in [-0.2, 0) is 22.3 Å². The summed E-state index contributed by atoms with van der Waals surface area (Å²) in [4.78, 5) is 23.1. The van der Waals surface area contributed by atoms with Crippen LogP contribution < -0.4 is 10.9 Å². The highest BCUT2D eigenvalue weighted by molar-refractivity contribution is 5.16. The monoisotopic (exact) mass is 520 g/mol. The summed E-state index contributed by atoms with van der Waals surface area (Å²) < 4.78 is 22.1. The van der Waals surface area contributed by atoms with Gasteiger partial charge in [0.15, 0.2) is 11.5 Å². The van der Waals surface area contributed by atoms with Gasteiger partial charge in [-0.3, -0.25) is 9.59 Å². The van der Waals surface area contributed by atoms with Crippen LogP contribution in [0, 0.1) is 10.8 Å². The molecule has 2 N–H and O–H groups in total. The lowest BCUT2D eigenvalue weighted by molar-refractivity contribution is 0.0777. The van der Waals surface area contributed by atoms with Crippen LogP contribution in [0.3, 0.4) is 0 Å². The highest BCUT2D eigenvalue weighted by atomic mass is 16.5. The van der Waals surface area contributed by atoms with Crippen molar-refractivity contribution in [2.24, 2.45) is 10.8 Å². The first kappa shape index (κ1) is 30.6. The van der Waals surface area contributed by atoms with Gasteiger partial charge in [0.25, 0.3) is 0 Å². The lowest BCUT2D eigenvalue weighted by atomic mass is 9.83. The number of aromatic hydroxyl groups is 2. The van der Waals surface area contributed by atoms with Crippen LogP contribution in [0.5, 0.6) is 11.5 Å². The first-order valence-corrected chi connectivity index (χ1v) is 13.2. The van der Waals surface area contributed by atoms with E-state index in [0.29, 0.717) is 37.6 Å². The number of hydrogen-bond donors (Lipinski definition) is 2. The Labute approximate surface area is 219 Å². The van der Waals surface area contributed by atoms with Gasteiger partial charge in [0, 0.05) is 51.4 Å². The van der Waals surface area contributed by atoms with Gasteiger partial charge in [0.2, 0.25) is 10.9 Å². The topological polar surface area (TPSA) is 119 Å². The Balaban J connectivity index is 1.44. The summed E-state index contributed by atoms with van der Waals surface area (Å²) in [6.07, 6.45) is 10.4. The van der Waals surface area contributed by atoms with E-state index in [2.05, 4.69) is 27.7 Å². The van der Waals surface area contributed by atoms with Gasteiger partial charge >= 0.3 is 0 Å². The largest absolute Gasteiger partial charge is 0.502 e. The highest BCUT2D eigenvalue weighted by Crippen LogP contribution is 2.29. The molecule has 0 aliphatic carbocycles. The Morgan fingerprint density at radius 3 is 1.41 bits per heavy atom. The summed E-state index contributed by atoms with van der Waals surface area (Å²) in [5, 5.41) is 18.6. The van der Waals surface area contributed by atoms with Crippen molar-refractivity contribution in [2.45, 2.75) is 85.5 Å². The molecule has 2 heterocycles. The summed E-state index contributed by atoms with van der Waals surface area (Å²) in [6, 6.07) is 2.73. The number of rotatable bonds is 18. The standard InChI is InChI=1S/C29H44O8/c1-28(2,18-22-16-24(30)26(32)20-36-22)10-5-7-12-34-14-9-15-35-13-8-6-11-29(3,4)19-23-17-25(31)27(33)21-37-23/h16-17,20-21,32-33H,5-15,18-19H2,1-4H3. The van der Waals surface area contributed by atoms with E-state index in [1.54, 1.807) is 0 Å². The summed E-state index contributed by atoms with van der Waals surface area (Å²) in [6.45, 7) is 11.4. The van der Waals surface area contributed by atoms with Crippen LogP contribution in [0.15, 0.2) is 43.1 Å². The minimum Gasteiger partial charge on any atom is -0.502 e. The van der Waals surface area contributed by atoms with E-state index in [1.165, 1.54) is 12.1 Å². The van der Waals surface area contributed by atoms with Gasteiger partial charge in [0.1, 0.15) is 24.0 Å². The smallest absolute Gasteiger partial charge is 0.226 e. The molecule has 0 saturated carbocycles. The predicted octanol–water partition coefficient (Wildman–Crippen LogP) is 5.61. The van der Waals surface area contributed by atoms with Gasteiger partial charge in [0.05, 0.1) is 0 Å². The first-order chi connectivity index (χ1) is 17.5. The molecule has 0 radical (unpaired) electrons. The molecule has 2 rings (SSSR count). The zero-order chi connectivity index (χ0) is 27.3. The summed E-state index contributed by atoms with van der Waals surface area (Å²) >= 11 is 0. The Morgan fingerprint density at radius 1 is 0.649 bits per heavy atom. The summed E-state index contributed by atoms with van der Waals surface area (Å²) in [5.74, 6) is 0.475. The fraction of sp³-hybridized carbons (Fsp3) is 0.655. The van der Waals surface area contributed by atoms with Crippen LogP contribution in [-0.4, -0.2) is 36.6 Å². The second-order valence-electron chi connectivity index (χ2n) is 11.4. The maximum atomic E-state index is 11.6. The van der Waals surface area contributed by atoms with E-state index in [4.69, 9.17) is 18.3 Å². The summed E-state index contributed by atoms with van der Waals surface area (Å²) in [5.41, 5.74) is -0.815. The average molecular weight is 521 g/mol.